The summed E-state index contributed by atoms with van der Waals surface area (Å²) in [7, 11) is 3.12. The minimum atomic E-state index is -0.315. The van der Waals surface area contributed by atoms with E-state index in [1.54, 1.807) is 45.4 Å². The molecule has 158 valence electrons. The number of hydrogen-bond acceptors (Lipinski definition) is 6. The Morgan fingerprint density at radius 1 is 1.07 bits per heavy atom. The van der Waals surface area contributed by atoms with Crippen molar-refractivity contribution in [1.29, 1.82) is 0 Å². The number of hydrazine groups is 1. The Labute approximate surface area is 171 Å². The smallest absolute Gasteiger partial charge is 0.305 e. The van der Waals surface area contributed by atoms with Gasteiger partial charge in [-0.1, -0.05) is 0 Å². The molecule has 0 radical (unpaired) electrons. The van der Waals surface area contributed by atoms with E-state index in [1.165, 1.54) is 16.1 Å². The maximum absolute atomic E-state index is 12.7. The lowest BCUT2D eigenvalue weighted by atomic mass is 10.1. The number of nitrogens with zero attached hydrogens (tertiary/aromatic N) is 2. The molecule has 1 fully saturated rings. The molecule has 2 rings (SSSR count). The van der Waals surface area contributed by atoms with Gasteiger partial charge in [-0.05, 0) is 44.0 Å². The third kappa shape index (κ3) is 6.23. The number of carbonyl (C=O) groups excluding carboxylic acids is 3. The number of rotatable bonds is 9. The molecule has 2 amide bonds. The average molecular weight is 404 g/mol. The molecule has 0 unspecified atom stereocenters. The summed E-state index contributed by atoms with van der Waals surface area (Å²) in [5, 5.41) is 2.90. The Morgan fingerprint density at radius 3 is 2.52 bits per heavy atom. The van der Waals surface area contributed by atoms with Crippen LogP contribution in [-0.2, 0) is 19.1 Å². The standard InChI is InChI=1S/C21H28N2O6/c1-4-29-21(26)8-5-7-19(24)22-13-6-14-23(22)20(25)12-9-16-15-17(27-2)10-11-18(16)28-3/h9-12,15H,4-8,13-14H2,1-3H3. The third-order valence-corrected chi connectivity index (χ3v) is 4.49. The van der Waals surface area contributed by atoms with Crippen LogP contribution >= 0.6 is 0 Å². The van der Waals surface area contributed by atoms with Crippen LogP contribution in [0, 0.1) is 0 Å². The van der Waals surface area contributed by atoms with E-state index >= 15 is 0 Å². The molecule has 1 aromatic rings. The van der Waals surface area contributed by atoms with Crippen LogP contribution in [0.1, 0.15) is 38.2 Å². The van der Waals surface area contributed by atoms with Gasteiger partial charge < -0.3 is 14.2 Å². The maximum atomic E-state index is 12.7. The molecule has 0 N–H and O–H groups in total. The SMILES string of the molecule is CCOC(=O)CCCC(=O)N1CCCN1C(=O)C=Cc1cc(OC)ccc1OC. The number of amides is 2. The second-order valence-corrected chi connectivity index (χ2v) is 6.43. The molecule has 0 aromatic heterocycles. The van der Waals surface area contributed by atoms with E-state index in [2.05, 4.69) is 0 Å². The Morgan fingerprint density at radius 2 is 1.83 bits per heavy atom. The summed E-state index contributed by atoms with van der Waals surface area (Å²) in [5.74, 6) is 0.490. The van der Waals surface area contributed by atoms with Gasteiger partial charge in [0.05, 0.1) is 20.8 Å². The van der Waals surface area contributed by atoms with Crippen molar-refractivity contribution in [3.63, 3.8) is 0 Å². The van der Waals surface area contributed by atoms with E-state index in [0.717, 1.165) is 0 Å². The highest BCUT2D eigenvalue weighted by Crippen LogP contribution is 2.25. The first-order chi connectivity index (χ1) is 14.0. The zero-order valence-electron chi connectivity index (χ0n) is 17.2. The monoisotopic (exact) mass is 404 g/mol. The van der Waals surface area contributed by atoms with E-state index in [9.17, 15) is 14.4 Å². The molecule has 1 aromatic carbocycles. The molecular formula is C21H28N2O6. The lowest BCUT2D eigenvalue weighted by molar-refractivity contribution is -0.155. The van der Waals surface area contributed by atoms with Crippen LogP contribution in [0.15, 0.2) is 24.3 Å². The number of ether oxygens (including phenoxy) is 3. The van der Waals surface area contributed by atoms with Crippen LogP contribution < -0.4 is 9.47 Å². The number of benzene rings is 1. The van der Waals surface area contributed by atoms with Gasteiger partial charge in [-0.15, -0.1) is 0 Å². The first-order valence-corrected chi connectivity index (χ1v) is 9.67. The van der Waals surface area contributed by atoms with Crippen molar-refractivity contribution in [2.45, 2.75) is 32.6 Å². The van der Waals surface area contributed by atoms with Gasteiger partial charge in [-0.25, -0.2) is 5.01 Å². The Balaban J connectivity index is 1.98. The third-order valence-electron chi connectivity index (χ3n) is 4.49. The first-order valence-electron chi connectivity index (χ1n) is 9.67. The van der Waals surface area contributed by atoms with Crippen molar-refractivity contribution in [2.75, 3.05) is 33.9 Å². The maximum Gasteiger partial charge on any atom is 0.305 e. The first kappa shape index (κ1) is 22.3. The zero-order chi connectivity index (χ0) is 21.2. The zero-order valence-corrected chi connectivity index (χ0v) is 17.2. The molecule has 8 heteroatoms. The average Bonchev–Trinajstić information content (AvgIpc) is 3.22. The molecular weight excluding hydrogens is 376 g/mol. The fourth-order valence-electron chi connectivity index (χ4n) is 3.06. The van der Waals surface area contributed by atoms with Crippen LogP contribution in [-0.4, -0.2) is 61.7 Å². The molecule has 0 spiro atoms. The van der Waals surface area contributed by atoms with Crippen molar-refractivity contribution in [3.8, 4) is 11.5 Å². The van der Waals surface area contributed by atoms with Gasteiger partial charge in [0.25, 0.3) is 5.91 Å². The molecule has 0 saturated carbocycles. The molecule has 1 saturated heterocycles. The van der Waals surface area contributed by atoms with Crippen molar-refractivity contribution < 1.29 is 28.6 Å². The summed E-state index contributed by atoms with van der Waals surface area (Å²) in [5.41, 5.74) is 0.701. The Hall–Kier alpha value is -3.03. The molecule has 0 bridgehead atoms. The van der Waals surface area contributed by atoms with E-state index in [-0.39, 0.29) is 30.6 Å². The minimum Gasteiger partial charge on any atom is -0.497 e. The van der Waals surface area contributed by atoms with Crippen LogP contribution in [0.2, 0.25) is 0 Å². The Kier molecular flexibility index (Phi) is 8.51. The molecule has 8 nitrogen and oxygen atoms in total. The predicted octanol–water partition coefficient (Wildman–Crippen LogP) is 2.43. The van der Waals surface area contributed by atoms with Crippen LogP contribution in [0.5, 0.6) is 11.5 Å². The summed E-state index contributed by atoms with van der Waals surface area (Å²) in [6.45, 7) is 3.03. The van der Waals surface area contributed by atoms with Gasteiger partial charge in [0, 0.05) is 37.6 Å². The number of carbonyl (C=O) groups is 3. The fourth-order valence-corrected chi connectivity index (χ4v) is 3.06. The van der Waals surface area contributed by atoms with E-state index in [0.29, 0.717) is 49.6 Å². The van der Waals surface area contributed by atoms with E-state index in [1.807, 2.05) is 0 Å². The summed E-state index contributed by atoms with van der Waals surface area (Å²) >= 11 is 0. The minimum absolute atomic E-state index is 0.174. The molecule has 1 aliphatic heterocycles. The van der Waals surface area contributed by atoms with Gasteiger partial charge in [0.1, 0.15) is 11.5 Å². The van der Waals surface area contributed by atoms with Crippen molar-refractivity contribution >= 4 is 23.9 Å². The molecule has 0 aliphatic carbocycles. The van der Waals surface area contributed by atoms with Gasteiger partial charge >= 0.3 is 5.97 Å². The van der Waals surface area contributed by atoms with Gasteiger partial charge in [0.2, 0.25) is 5.91 Å². The van der Waals surface area contributed by atoms with E-state index in [4.69, 9.17) is 14.2 Å². The predicted molar refractivity (Wildman–Crippen MR) is 107 cm³/mol. The van der Waals surface area contributed by atoms with Crippen molar-refractivity contribution in [3.05, 3.63) is 29.8 Å². The lowest BCUT2D eigenvalue weighted by Gasteiger charge is -2.27. The highest BCUT2D eigenvalue weighted by molar-refractivity contribution is 5.94. The van der Waals surface area contributed by atoms with Crippen molar-refractivity contribution in [2.24, 2.45) is 0 Å². The topological polar surface area (TPSA) is 85.4 Å². The number of hydrogen-bond donors (Lipinski definition) is 0. The summed E-state index contributed by atoms with van der Waals surface area (Å²) in [6.07, 6.45) is 4.55. The quantitative estimate of drug-likeness (QED) is 0.464. The molecule has 29 heavy (non-hydrogen) atoms. The molecule has 1 heterocycles. The van der Waals surface area contributed by atoms with E-state index < -0.39 is 0 Å². The van der Waals surface area contributed by atoms with Gasteiger partial charge in [-0.3, -0.25) is 19.4 Å². The van der Waals surface area contributed by atoms with Crippen LogP contribution in [0.4, 0.5) is 0 Å². The largest absolute Gasteiger partial charge is 0.497 e. The molecule has 1 aliphatic rings. The summed E-state index contributed by atoms with van der Waals surface area (Å²) < 4.78 is 15.4. The van der Waals surface area contributed by atoms with Crippen LogP contribution in [0.3, 0.4) is 0 Å². The van der Waals surface area contributed by atoms with Crippen molar-refractivity contribution in [1.82, 2.24) is 10.0 Å². The fraction of sp³-hybridized carbons (Fsp3) is 0.476. The normalized spacial score (nSPS) is 13.6. The second kappa shape index (κ2) is 11.1. The van der Waals surface area contributed by atoms with Gasteiger partial charge in [-0.2, -0.15) is 0 Å². The Bertz CT molecular complexity index is 762. The number of methoxy groups -OCH3 is 2. The second-order valence-electron chi connectivity index (χ2n) is 6.43. The molecule has 0 atom stereocenters. The van der Waals surface area contributed by atoms with Gasteiger partial charge in [0.15, 0.2) is 0 Å². The lowest BCUT2D eigenvalue weighted by Crippen LogP contribution is -2.44. The summed E-state index contributed by atoms with van der Waals surface area (Å²) in [6, 6.07) is 5.30. The summed E-state index contributed by atoms with van der Waals surface area (Å²) in [4.78, 5) is 36.5. The highest BCUT2D eigenvalue weighted by Gasteiger charge is 2.29. The van der Waals surface area contributed by atoms with Crippen LogP contribution in [0.25, 0.3) is 6.08 Å². The number of esters is 1. The highest BCUT2D eigenvalue weighted by atomic mass is 16.5.